The van der Waals surface area contributed by atoms with Gasteiger partial charge in [0.15, 0.2) is 0 Å². The van der Waals surface area contributed by atoms with Gasteiger partial charge in [-0.15, -0.1) is 0 Å². The molecule has 0 aromatic heterocycles. The van der Waals surface area contributed by atoms with E-state index in [0.717, 1.165) is 4.41 Å². The van der Waals surface area contributed by atoms with Gasteiger partial charge in [0.2, 0.25) is 0 Å². The van der Waals surface area contributed by atoms with Crippen LogP contribution in [0.2, 0.25) is 5.02 Å². The maximum absolute atomic E-state index is 13.2. The quantitative estimate of drug-likeness (QED) is 0.635. The van der Waals surface area contributed by atoms with Gasteiger partial charge in [-0.2, -0.15) is 14.2 Å². The molecule has 2 amide bonds. The first-order chi connectivity index (χ1) is 9.73. The van der Waals surface area contributed by atoms with Crippen LogP contribution in [0.1, 0.15) is 6.92 Å². The Hall–Kier alpha value is -0.600. The van der Waals surface area contributed by atoms with Crippen molar-refractivity contribution in [3.05, 3.63) is 23.2 Å². The van der Waals surface area contributed by atoms with Crippen molar-refractivity contribution in [3.63, 3.8) is 0 Å². The molecule has 1 aromatic carbocycles. The van der Waals surface area contributed by atoms with Crippen LogP contribution in [0.15, 0.2) is 18.2 Å². The van der Waals surface area contributed by atoms with Gasteiger partial charge in [-0.3, -0.25) is 4.90 Å². The highest BCUT2D eigenvalue weighted by atomic mass is 35.5. The summed E-state index contributed by atoms with van der Waals surface area (Å²) in [5, 5.41) is 0.357. The molecular formula is C11H11Cl3FN3O2S. The van der Waals surface area contributed by atoms with Gasteiger partial charge in [-0.05, 0) is 25.1 Å². The van der Waals surface area contributed by atoms with Crippen molar-refractivity contribution in [2.24, 2.45) is 0 Å². The lowest BCUT2D eigenvalue weighted by molar-refractivity contribution is 0.235. The number of rotatable bonds is 4. The van der Waals surface area contributed by atoms with Crippen molar-refractivity contribution < 1.29 is 13.9 Å². The largest absolute Gasteiger partial charge is 0.495 e. The van der Waals surface area contributed by atoms with E-state index in [-0.39, 0.29) is 0 Å². The zero-order valence-electron chi connectivity index (χ0n) is 10.9. The van der Waals surface area contributed by atoms with Crippen molar-refractivity contribution in [2.75, 3.05) is 12.0 Å². The number of nitrogens with one attached hydrogen (secondary N) is 1. The smallest absolute Gasteiger partial charge is 0.350 e. The highest BCUT2D eigenvalue weighted by Crippen LogP contribution is 2.40. The average Bonchev–Trinajstić information content (AvgIpc) is 2.62. The summed E-state index contributed by atoms with van der Waals surface area (Å²) in [4.78, 5) is 13.7. The molecule has 1 heterocycles. The SMILES string of the molecule is COc1ccc(N2C(=O)N(SC(F)(Cl)Cl)NC2C)cc1Cl. The van der Waals surface area contributed by atoms with E-state index < -0.39 is 16.1 Å². The first-order valence-corrected chi connectivity index (χ1v) is 7.62. The summed E-state index contributed by atoms with van der Waals surface area (Å²) in [6.07, 6.45) is -0.426. The molecule has 5 nitrogen and oxygen atoms in total. The lowest BCUT2D eigenvalue weighted by Crippen LogP contribution is -2.34. The minimum Gasteiger partial charge on any atom is -0.495 e. The Morgan fingerprint density at radius 3 is 2.67 bits per heavy atom. The van der Waals surface area contributed by atoms with E-state index in [1.54, 1.807) is 25.1 Å². The van der Waals surface area contributed by atoms with Crippen molar-refractivity contribution in [1.29, 1.82) is 0 Å². The number of urea groups is 1. The third kappa shape index (κ3) is 3.78. The minimum atomic E-state index is -2.62. The lowest BCUT2D eigenvalue weighted by atomic mass is 10.2. The third-order valence-corrected chi connectivity index (χ3v) is 4.04. The number of halogens is 4. The fourth-order valence-electron chi connectivity index (χ4n) is 1.85. The molecule has 1 fully saturated rings. The van der Waals surface area contributed by atoms with Crippen molar-refractivity contribution in [3.8, 4) is 5.75 Å². The summed E-state index contributed by atoms with van der Waals surface area (Å²) in [5.74, 6) is 0.489. The number of amides is 2. The van der Waals surface area contributed by atoms with Crippen molar-refractivity contribution in [2.45, 2.75) is 17.0 Å². The zero-order chi connectivity index (χ0) is 15.8. The second-order valence-electron chi connectivity index (χ2n) is 4.11. The molecule has 1 aromatic rings. The maximum Gasteiger partial charge on any atom is 0.350 e. The number of carbonyl (C=O) groups excluding carboxylic acids is 1. The van der Waals surface area contributed by atoms with Gasteiger partial charge in [-0.1, -0.05) is 34.8 Å². The molecule has 1 unspecified atom stereocenters. The van der Waals surface area contributed by atoms with Crippen LogP contribution in [0.4, 0.5) is 14.9 Å². The molecule has 0 saturated carbocycles. The number of ether oxygens (including phenoxy) is 1. The Labute approximate surface area is 140 Å². The number of carbonyl (C=O) groups is 1. The molecule has 1 aliphatic rings. The number of hydrogen-bond acceptors (Lipinski definition) is 4. The summed E-state index contributed by atoms with van der Waals surface area (Å²) in [6, 6.07) is 4.36. The number of alkyl halides is 3. The molecular weight excluding hydrogens is 364 g/mol. The van der Waals surface area contributed by atoms with E-state index in [9.17, 15) is 9.18 Å². The topological polar surface area (TPSA) is 44.8 Å². The summed E-state index contributed by atoms with van der Waals surface area (Å²) in [6.45, 7) is 1.72. The number of nitrogens with zero attached hydrogens (tertiary/aromatic N) is 2. The molecule has 2 rings (SSSR count). The van der Waals surface area contributed by atoms with E-state index in [2.05, 4.69) is 5.43 Å². The van der Waals surface area contributed by atoms with Gasteiger partial charge < -0.3 is 4.74 Å². The predicted molar refractivity (Wildman–Crippen MR) is 83.5 cm³/mol. The Morgan fingerprint density at radius 2 is 2.14 bits per heavy atom. The Bertz CT molecular complexity index is 558. The van der Waals surface area contributed by atoms with Crippen LogP contribution in [0, 0.1) is 0 Å². The van der Waals surface area contributed by atoms with Crippen LogP contribution < -0.4 is 15.1 Å². The van der Waals surface area contributed by atoms with E-state index in [1.807, 2.05) is 0 Å². The summed E-state index contributed by atoms with van der Waals surface area (Å²) in [5.41, 5.74) is 3.28. The molecule has 10 heteroatoms. The van der Waals surface area contributed by atoms with Crippen LogP contribution in [-0.4, -0.2) is 27.6 Å². The lowest BCUT2D eigenvalue weighted by Gasteiger charge is -2.20. The molecule has 0 aliphatic carbocycles. The van der Waals surface area contributed by atoms with E-state index in [4.69, 9.17) is 39.5 Å². The van der Waals surface area contributed by atoms with Crippen LogP contribution in [0.3, 0.4) is 0 Å². The van der Waals surface area contributed by atoms with E-state index in [1.165, 1.54) is 12.0 Å². The molecule has 116 valence electrons. The average molecular weight is 375 g/mol. The number of hydrazine groups is 1. The van der Waals surface area contributed by atoms with Gasteiger partial charge in [0.05, 0.1) is 12.1 Å². The summed E-state index contributed by atoms with van der Waals surface area (Å²) < 4.78 is 16.6. The number of methoxy groups -OCH3 is 1. The third-order valence-electron chi connectivity index (χ3n) is 2.68. The Morgan fingerprint density at radius 1 is 1.48 bits per heavy atom. The predicted octanol–water partition coefficient (Wildman–Crippen LogP) is 4.15. The molecule has 1 N–H and O–H groups in total. The van der Waals surface area contributed by atoms with E-state index in [0.29, 0.717) is 28.4 Å². The minimum absolute atomic E-state index is 0.324. The zero-order valence-corrected chi connectivity index (χ0v) is 14.0. The second-order valence-corrected chi connectivity index (χ2v) is 7.31. The van der Waals surface area contributed by atoms with Gasteiger partial charge >= 0.3 is 9.95 Å². The highest BCUT2D eigenvalue weighted by Gasteiger charge is 2.41. The van der Waals surface area contributed by atoms with Gasteiger partial charge in [0.1, 0.15) is 11.9 Å². The van der Waals surface area contributed by atoms with Gasteiger partial charge in [0, 0.05) is 17.6 Å². The molecule has 0 radical (unpaired) electrons. The fourth-order valence-corrected chi connectivity index (χ4v) is 3.10. The standard InChI is InChI=1S/C11H11Cl3FN3O2S/c1-6-16-18(21-11(13,14)15)10(19)17(6)7-3-4-9(20-2)8(12)5-7/h3-6,16H,1-2H3. The first kappa shape index (κ1) is 16.8. The second kappa shape index (κ2) is 6.26. The first-order valence-electron chi connectivity index (χ1n) is 5.72. The Kier molecular flexibility index (Phi) is 4.99. The molecule has 1 atom stereocenters. The highest BCUT2D eigenvalue weighted by molar-refractivity contribution is 8.01. The van der Waals surface area contributed by atoms with Crippen LogP contribution in [-0.2, 0) is 0 Å². The molecule has 0 bridgehead atoms. The van der Waals surface area contributed by atoms with Crippen molar-refractivity contribution >= 4 is 58.5 Å². The van der Waals surface area contributed by atoms with E-state index >= 15 is 0 Å². The van der Waals surface area contributed by atoms with Crippen LogP contribution in [0.5, 0.6) is 5.75 Å². The van der Waals surface area contributed by atoms with Crippen LogP contribution >= 0.6 is 46.8 Å². The summed E-state index contributed by atoms with van der Waals surface area (Å²) in [7, 11) is 1.49. The van der Waals surface area contributed by atoms with Gasteiger partial charge in [0.25, 0.3) is 0 Å². The molecule has 0 spiro atoms. The summed E-state index contributed by atoms with van der Waals surface area (Å²) >= 11 is 16.9. The van der Waals surface area contributed by atoms with Gasteiger partial charge in [-0.25, -0.2) is 4.79 Å². The number of benzene rings is 1. The van der Waals surface area contributed by atoms with Crippen molar-refractivity contribution in [1.82, 2.24) is 9.84 Å². The fraction of sp³-hybridized carbons (Fsp3) is 0.364. The molecule has 1 aliphatic heterocycles. The number of hydrogen-bond donors (Lipinski definition) is 1. The Balaban J connectivity index is 2.24. The normalized spacial score (nSPS) is 19.3. The molecule has 21 heavy (non-hydrogen) atoms. The maximum atomic E-state index is 13.2. The van der Waals surface area contributed by atoms with Crippen LogP contribution in [0.25, 0.3) is 0 Å². The number of anilines is 1. The molecule has 1 saturated heterocycles. The monoisotopic (exact) mass is 373 g/mol.